The highest BCUT2D eigenvalue weighted by Crippen LogP contribution is 2.24. The van der Waals surface area contributed by atoms with Gasteiger partial charge in [-0.05, 0) is 0 Å². The maximum atomic E-state index is 10.4. The van der Waals surface area contributed by atoms with E-state index in [1.54, 1.807) is 7.05 Å². The molecule has 1 heterocycles. The fourth-order valence-electron chi connectivity index (χ4n) is 0.948. The lowest BCUT2D eigenvalue weighted by Gasteiger charge is -2.16. The highest BCUT2D eigenvalue weighted by Gasteiger charge is 2.12. The number of nitrogens with two attached hydrogens (primary N) is 1. The van der Waals surface area contributed by atoms with Crippen LogP contribution in [0.3, 0.4) is 0 Å². The zero-order chi connectivity index (χ0) is 10.7. The van der Waals surface area contributed by atoms with Crippen molar-refractivity contribution in [3.8, 4) is 0 Å². The van der Waals surface area contributed by atoms with Crippen LogP contribution in [-0.4, -0.2) is 34.6 Å². The number of carboxylic acids is 1. The van der Waals surface area contributed by atoms with Crippen LogP contribution in [0.2, 0.25) is 5.15 Å². The minimum Gasteiger partial charge on any atom is -0.480 e. The summed E-state index contributed by atoms with van der Waals surface area (Å²) in [5.74, 6) is -0.658. The average molecular weight is 217 g/mol. The van der Waals surface area contributed by atoms with E-state index in [9.17, 15) is 4.79 Å². The monoisotopic (exact) mass is 216 g/mol. The van der Waals surface area contributed by atoms with E-state index >= 15 is 0 Å². The molecular weight excluding hydrogens is 208 g/mol. The average Bonchev–Trinajstić information content (AvgIpc) is 2.08. The van der Waals surface area contributed by atoms with Gasteiger partial charge >= 0.3 is 5.97 Å². The largest absolute Gasteiger partial charge is 0.480 e. The lowest BCUT2D eigenvalue weighted by molar-refractivity contribution is -0.135. The molecular formula is C7H9ClN4O2. The van der Waals surface area contributed by atoms with Gasteiger partial charge in [0.2, 0.25) is 0 Å². The number of hydrogen-bond donors (Lipinski definition) is 2. The van der Waals surface area contributed by atoms with Gasteiger partial charge < -0.3 is 15.7 Å². The van der Waals surface area contributed by atoms with Crippen molar-refractivity contribution >= 4 is 29.1 Å². The summed E-state index contributed by atoms with van der Waals surface area (Å²) in [6.07, 6.45) is 1.23. The van der Waals surface area contributed by atoms with Crippen LogP contribution in [0.25, 0.3) is 0 Å². The van der Waals surface area contributed by atoms with Gasteiger partial charge in [0.15, 0.2) is 11.0 Å². The molecule has 0 aliphatic rings. The fraction of sp³-hybridized carbons (Fsp3) is 0.286. The zero-order valence-electron chi connectivity index (χ0n) is 7.44. The minimum atomic E-state index is -0.971. The lowest BCUT2D eigenvalue weighted by atomic mass is 10.4. The Hall–Kier alpha value is -1.56. The van der Waals surface area contributed by atoms with Gasteiger partial charge in [-0.25, -0.2) is 9.97 Å². The van der Waals surface area contributed by atoms with Crippen molar-refractivity contribution < 1.29 is 9.90 Å². The van der Waals surface area contributed by atoms with Gasteiger partial charge in [0.25, 0.3) is 0 Å². The quantitative estimate of drug-likeness (QED) is 0.703. The summed E-state index contributed by atoms with van der Waals surface area (Å²) < 4.78 is 0. The van der Waals surface area contributed by atoms with Crippen LogP contribution >= 0.6 is 11.6 Å². The summed E-state index contributed by atoms with van der Waals surface area (Å²) >= 11 is 5.64. The number of nitrogens with zero attached hydrogens (tertiary/aromatic N) is 3. The molecule has 0 radical (unpaired) electrons. The SMILES string of the molecule is CN(CC(=O)O)c1ncnc(Cl)c1N. The number of rotatable bonds is 3. The number of likely N-dealkylation sites (N-methyl/N-ethyl adjacent to an activating group) is 1. The number of aromatic nitrogens is 2. The van der Waals surface area contributed by atoms with Crippen LogP contribution < -0.4 is 10.6 Å². The molecule has 0 saturated heterocycles. The lowest BCUT2D eigenvalue weighted by Crippen LogP contribution is -2.26. The van der Waals surface area contributed by atoms with Gasteiger partial charge in [-0.15, -0.1) is 0 Å². The van der Waals surface area contributed by atoms with Crippen molar-refractivity contribution in [2.75, 3.05) is 24.2 Å². The number of anilines is 2. The van der Waals surface area contributed by atoms with Gasteiger partial charge in [-0.2, -0.15) is 0 Å². The third-order valence-corrected chi connectivity index (χ3v) is 1.85. The molecule has 0 aromatic carbocycles. The van der Waals surface area contributed by atoms with E-state index in [0.29, 0.717) is 5.82 Å². The first-order chi connectivity index (χ1) is 6.52. The summed E-state index contributed by atoms with van der Waals surface area (Å²) in [5.41, 5.74) is 5.75. The van der Waals surface area contributed by atoms with Gasteiger partial charge in [-0.3, -0.25) is 4.79 Å². The number of hydrogen-bond acceptors (Lipinski definition) is 5. The summed E-state index contributed by atoms with van der Waals surface area (Å²) in [4.78, 5) is 19.3. The summed E-state index contributed by atoms with van der Waals surface area (Å²) in [6, 6.07) is 0. The molecule has 76 valence electrons. The Bertz CT molecular complexity index is 358. The van der Waals surface area contributed by atoms with Crippen LogP contribution in [0.15, 0.2) is 6.33 Å². The molecule has 0 saturated carbocycles. The smallest absolute Gasteiger partial charge is 0.323 e. The van der Waals surface area contributed by atoms with E-state index < -0.39 is 5.97 Å². The Balaban J connectivity index is 2.95. The van der Waals surface area contributed by atoms with Gasteiger partial charge in [0.1, 0.15) is 18.6 Å². The van der Waals surface area contributed by atoms with E-state index in [2.05, 4.69) is 9.97 Å². The van der Waals surface area contributed by atoms with Crippen molar-refractivity contribution in [3.63, 3.8) is 0 Å². The molecule has 0 fully saturated rings. The number of aliphatic carboxylic acids is 1. The Labute approximate surface area is 85.3 Å². The molecule has 3 N–H and O–H groups in total. The van der Waals surface area contributed by atoms with Crippen molar-refractivity contribution in [2.24, 2.45) is 0 Å². The normalized spacial score (nSPS) is 9.86. The van der Waals surface area contributed by atoms with Crippen LogP contribution in [-0.2, 0) is 4.79 Å². The van der Waals surface area contributed by atoms with Crippen LogP contribution in [0.5, 0.6) is 0 Å². The van der Waals surface area contributed by atoms with Crippen molar-refractivity contribution in [2.45, 2.75) is 0 Å². The molecule has 0 unspecified atom stereocenters. The van der Waals surface area contributed by atoms with E-state index in [1.807, 2.05) is 0 Å². The first-order valence-electron chi connectivity index (χ1n) is 3.71. The van der Waals surface area contributed by atoms with E-state index in [4.69, 9.17) is 22.4 Å². The molecule has 0 atom stereocenters. The molecule has 7 heteroatoms. The second-order valence-electron chi connectivity index (χ2n) is 2.65. The highest BCUT2D eigenvalue weighted by atomic mass is 35.5. The maximum absolute atomic E-state index is 10.4. The van der Waals surface area contributed by atoms with Gasteiger partial charge in [-0.1, -0.05) is 11.6 Å². The molecule has 1 aromatic rings. The third-order valence-electron chi connectivity index (χ3n) is 1.55. The number of carboxylic acid groups (broad SMARTS) is 1. The zero-order valence-corrected chi connectivity index (χ0v) is 8.19. The molecule has 14 heavy (non-hydrogen) atoms. The standard InChI is InChI=1S/C7H9ClN4O2/c1-12(2-4(13)14)7-5(9)6(8)10-3-11-7/h3H,2,9H2,1H3,(H,13,14). The first kappa shape index (κ1) is 10.5. The first-order valence-corrected chi connectivity index (χ1v) is 4.09. The predicted octanol–water partition coefficient (Wildman–Crippen LogP) is 0.233. The molecule has 0 aliphatic heterocycles. The third kappa shape index (κ3) is 2.23. The molecule has 0 amide bonds. The number of halogens is 1. The van der Waals surface area contributed by atoms with E-state index in [0.717, 1.165) is 0 Å². The van der Waals surface area contributed by atoms with Crippen LogP contribution in [0.1, 0.15) is 0 Å². The number of carbonyl (C=O) groups is 1. The van der Waals surface area contributed by atoms with Crippen molar-refractivity contribution in [1.29, 1.82) is 0 Å². The predicted molar refractivity (Wildman–Crippen MR) is 52.4 cm³/mol. The highest BCUT2D eigenvalue weighted by molar-refractivity contribution is 6.32. The molecule has 0 bridgehead atoms. The topological polar surface area (TPSA) is 92.3 Å². The summed E-state index contributed by atoms with van der Waals surface area (Å²) in [5, 5.41) is 8.66. The Morgan fingerprint density at radius 2 is 2.36 bits per heavy atom. The number of nitrogen functional groups attached to an aromatic ring is 1. The second-order valence-corrected chi connectivity index (χ2v) is 3.01. The molecule has 6 nitrogen and oxygen atoms in total. The summed E-state index contributed by atoms with van der Waals surface area (Å²) in [7, 11) is 1.56. The molecule has 0 aliphatic carbocycles. The molecule has 1 aromatic heterocycles. The molecule has 0 spiro atoms. The minimum absolute atomic E-state index is 0.118. The fourth-order valence-corrected chi connectivity index (χ4v) is 1.08. The van der Waals surface area contributed by atoms with E-state index in [-0.39, 0.29) is 17.4 Å². The molecule has 1 rings (SSSR count). The maximum Gasteiger partial charge on any atom is 0.323 e. The van der Waals surface area contributed by atoms with E-state index in [1.165, 1.54) is 11.2 Å². The Morgan fingerprint density at radius 1 is 1.71 bits per heavy atom. The second kappa shape index (κ2) is 4.10. The van der Waals surface area contributed by atoms with Gasteiger partial charge in [0, 0.05) is 7.05 Å². The summed E-state index contributed by atoms with van der Waals surface area (Å²) in [6.45, 7) is -0.197. The van der Waals surface area contributed by atoms with Crippen LogP contribution in [0.4, 0.5) is 11.5 Å². The Morgan fingerprint density at radius 3 is 2.93 bits per heavy atom. The van der Waals surface area contributed by atoms with Crippen molar-refractivity contribution in [3.05, 3.63) is 11.5 Å². The Kier molecular flexibility index (Phi) is 3.08. The van der Waals surface area contributed by atoms with Gasteiger partial charge in [0.05, 0.1) is 0 Å². The van der Waals surface area contributed by atoms with Crippen LogP contribution in [0, 0.1) is 0 Å². The van der Waals surface area contributed by atoms with Crippen molar-refractivity contribution in [1.82, 2.24) is 9.97 Å².